The Kier molecular flexibility index (Phi) is 3.14. The molecule has 1 aliphatic rings. The summed E-state index contributed by atoms with van der Waals surface area (Å²) < 4.78 is 10.7. The molecule has 1 aliphatic heterocycles. The minimum absolute atomic E-state index is 0.127. The fourth-order valence-electron chi connectivity index (χ4n) is 1.77. The molecule has 0 spiro atoms. The van der Waals surface area contributed by atoms with E-state index in [4.69, 9.17) is 9.47 Å². The van der Waals surface area contributed by atoms with Crippen LogP contribution in [-0.4, -0.2) is 26.6 Å². The second-order valence-electron chi connectivity index (χ2n) is 3.37. The van der Waals surface area contributed by atoms with Gasteiger partial charge >= 0.3 is 0 Å². The maximum absolute atomic E-state index is 5.48. The molecule has 76 valence electrons. The van der Waals surface area contributed by atoms with Gasteiger partial charge in [0.2, 0.25) is 0 Å². The maximum Gasteiger partial charge on any atom is 0.147 e. The van der Waals surface area contributed by atoms with Crippen LogP contribution in [0.15, 0.2) is 30.3 Å². The first-order chi connectivity index (χ1) is 6.92. The zero-order chi connectivity index (χ0) is 9.80. The van der Waals surface area contributed by atoms with Crippen LogP contribution < -0.4 is 5.32 Å². The number of nitrogens with one attached hydrogen (secondary N) is 1. The molecule has 1 aromatic carbocycles. The van der Waals surface area contributed by atoms with Crippen LogP contribution in [0.2, 0.25) is 0 Å². The van der Waals surface area contributed by atoms with Crippen LogP contribution in [0.4, 0.5) is 0 Å². The Balaban J connectivity index is 2.12. The Bertz CT molecular complexity index is 270. The van der Waals surface area contributed by atoms with Crippen molar-refractivity contribution in [3.05, 3.63) is 35.9 Å². The summed E-state index contributed by atoms with van der Waals surface area (Å²) in [6, 6.07) is 10.5. The average Bonchev–Trinajstić information content (AvgIpc) is 2.74. The SMILES string of the molecule is CN[C@H](c1ccccc1)[C@@H]1COCO1. The fraction of sp³-hybridized carbons (Fsp3) is 0.455. The fourth-order valence-corrected chi connectivity index (χ4v) is 1.77. The topological polar surface area (TPSA) is 30.5 Å². The summed E-state index contributed by atoms with van der Waals surface area (Å²) in [5.74, 6) is 0. The molecule has 1 fully saturated rings. The van der Waals surface area contributed by atoms with Crippen molar-refractivity contribution < 1.29 is 9.47 Å². The van der Waals surface area contributed by atoms with Gasteiger partial charge in [0.25, 0.3) is 0 Å². The van der Waals surface area contributed by atoms with E-state index in [1.165, 1.54) is 5.56 Å². The quantitative estimate of drug-likeness (QED) is 0.785. The summed E-state index contributed by atoms with van der Waals surface area (Å²) in [5, 5.41) is 3.26. The van der Waals surface area contributed by atoms with E-state index in [0.29, 0.717) is 13.4 Å². The molecule has 2 rings (SSSR count). The van der Waals surface area contributed by atoms with Gasteiger partial charge in [0.1, 0.15) is 12.9 Å². The second-order valence-corrected chi connectivity index (χ2v) is 3.37. The lowest BCUT2D eigenvalue weighted by Gasteiger charge is -2.21. The van der Waals surface area contributed by atoms with E-state index < -0.39 is 0 Å². The average molecular weight is 193 g/mol. The third-order valence-corrected chi connectivity index (χ3v) is 2.49. The van der Waals surface area contributed by atoms with Crippen molar-refractivity contribution in [2.45, 2.75) is 12.1 Å². The van der Waals surface area contributed by atoms with Gasteiger partial charge in [-0.3, -0.25) is 0 Å². The number of hydrogen-bond donors (Lipinski definition) is 1. The van der Waals surface area contributed by atoms with Crippen LogP contribution in [0, 0.1) is 0 Å². The Morgan fingerprint density at radius 2 is 2.14 bits per heavy atom. The molecular weight excluding hydrogens is 178 g/mol. The Labute approximate surface area is 84.0 Å². The highest BCUT2D eigenvalue weighted by atomic mass is 16.7. The molecular formula is C11H15NO2. The normalized spacial score (nSPS) is 23.6. The van der Waals surface area contributed by atoms with Crippen molar-refractivity contribution in [1.82, 2.24) is 5.32 Å². The number of benzene rings is 1. The first-order valence-electron chi connectivity index (χ1n) is 4.83. The molecule has 0 unspecified atom stereocenters. The molecule has 1 heterocycles. The molecule has 1 aromatic rings. The molecule has 2 atom stereocenters. The Hall–Kier alpha value is -0.900. The second kappa shape index (κ2) is 4.55. The van der Waals surface area contributed by atoms with E-state index in [1.807, 2.05) is 25.2 Å². The summed E-state index contributed by atoms with van der Waals surface area (Å²) in [5.41, 5.74) is 1.24. The van der Waals surface area contributed by atoms with Crippen molar-refractivity contribution in [1.29, 1.82) is 0 Å². The van der Waals surface area contributed by atoms with E-state index >= 15 is 0 Å². The first-order valence-corrected chi connectivity index (χ1v) is 4.83. The van der Waals surface area contributed by atoms with Gasteiger partial charge in [-0.25, -0.2) is 0 Å². The van der Waals surface area contributed by atoms with Gasteiger partial charge in [0.05, 0.1) is 12.6 Å². The molecule has 0 aliphatic carbocycles. The van der Waals surface area contributed by atoms with Gasteiger partial charge in [0, 0.05) is 0 Å². The van der Waals surface area contributed by atoms with Crippen LogP contribution in [0.3, 0.4) is 0 Å². The predicted octanol–water partition coefficient (Wildman–Crippen LogP) is 1.32. The van der Waals surface area contributed by atoms with Crippen molar-refractivity contribution in [3.63, 3.8) is 0 Å². The lowest BCUT2D eigenvalue weighted by atomic mass is 10.0. The minimum atomic E-state index is 0.127. The van der Waals surface area contributed by atoms with Crippen molar-refractivity contribution in [3.8, 4) is 0 Å². The van der Waals surface area contributed by atoms with E-state index in [-0.39, 0.29) is 12.1 Å². The van der Waals surface area contributed by atoms with Gasteiger partial charge in [-0.2, -0.15) is 0 Å². The first kappa shape index (κ1) is 9.65. The van der Waals surface area contributed by atoms with Crippen molar-refractivity contribution >= 4 is 0 Å². The molecule has 3 nitrogen and oxygen atoms in total. The summed E-state index contributed by atoms with van der Waals surface area (Å²) >= 11 is 0. The highest BCUT2D eigenvalue weighted by Gasteiger charge is 2.26. The highest BCUT2D eigenvalue weighted by molar-refractivity contribution is 5.20. The summed E-state index contributed by atoms with van der Waals surface area (Å²) in [4.78, 5) is 0. The highest BCUT2D eigenvalue weighted by Crippen LogP contribution is 2.21. The predicted molar refractivity (Wildman–Crippen MR) is 53.9 cm³/mol. The number of likely N-dealkylation sites (N-methyl/N-ethyl adjacent to an activating group) is 1. The molecule has 0 amide bonds. The summed E-state index contributed by atoms with van der Waals surface area (Å²) in [6.45, 7) is 1.08. The maximum atomic E-state index is 5.48. The van der Waals surface area contributed by atoms with Gasteiger partial charge in [-0.1, -0.05) is 30.3 Å². The number of hydrogen-bond acceptors (Lipinski definition) is 3. The third kappa shape index (κ3) is 1.95. The van der Waals surface area contributed by atoms with E-state index in [9.17, 15) is 0 Å². The Morgan fingerprint density at radius 1 is 1.36 bits per heavy atom. The molecule has 0 bridgehead atoms. The lowest BCUT2D eigenvalue weighted by Crippen LogP contribution is -2.30. The third-order valence-electron chi connectivity index (χ3n) is 2.49. The molecule has 14 heavy (non-hydrogen) atoms. The van der Waals surface area contributed by atoms with Crippen LogP contribution in [0.5, 0.6) is 0 Å². The minimum Gasteiger partial charge on any atom is -0.353 e. The number of rotatable bonds is 3. The summed E-state index contributed by atoms with van der Waals surface area (Å²) in [7, 11) is 1.94. The monoisotopic (exact) mass is 193 g/mol. The smallest absolute Gasteiger partial charge is 0.147 e. The lowest BCUT2D eigenvalue weighted by molar-refractivity contribution is 0.0360. The largest absolute Gasteiger partial charge is 0.353 e. The molecule has 0 saturated carbocycles. The van der Waals surface area contributed by atoms with Crippen LogP contribution in [0.25, 0.3) is 0 Å². The van der Waals surface area contributed by atoms with Crippen molar-refractivity contribution in [2.24, 2.45) is 0 Å². The zero-order valence-corrected chi connectivity index (χ0v) is 8.27. The standard InChI is InChI=1S/C11H15NO2/c1-12-11(10-7-13-8-14-10)9-5-3-2-4-6-9/h2-6,10-12H,7-8H2,1H3/t10-,11+/m0/s1. The van der Waals surface area contributed by atoms with Gasteiger partial charge < -0.3 is 14.8 Å². The van der Waals surface area contributed by atoms with Gasteiger partial charge in [0.15, 0.2) is 0 Å². The van der Waals surface area contributed by atoms with Crippen molar-refractivity contribution in [2.75, 3.05) is 20.4 Å². The van der Waals surface area contributed by atoms with Gasteiger partial charge in [-0.15, -0.1) is 0 Å². The molecule has 1 N–H and O–H groups in total. The zero-order valence-electron chi connectivity index (χ0n) is 8.27. The molecule has 3 heteroatoms. The van der Waals surface area contributed by atoms with Gasteiger partial charge in [-0.05, 0) is 12.6 Å². The number of ether oxygens (including phenoxy) is 2. The molecule has 0 aromatic heterocycles. The molecule has 1 saturated heterocycles. The molecule has 0 radical (unpaired) electrons. The Morgan fingerprint density at radius 3 is 2.71 bits per heavy atom. The summed E-state index contributed by atoms with van der Waals surface area (Å²) in [6.07, 6.45) is 0.127. The van der Waals surface area contributed by atoms with Crippen LogP contribution in [0.1, 0.15) is 11.6 Å². The van der Waals surface area contributed by atoms with Crippen LogP contribution >= 0.6 is 0 Å². The van der Waals surface area contributed by atoms with E-state index in [1.54, 1.807) is 0 Å². The van der Waals surface area contributed by atoms with E-state index in [2.05, 4.69) is 17.4 Å². The van der Waals surface area contributed by atoms with Crippen LogP contribution in [-0.2, 0) is 9.47 Å². The van der Waals surface area contributed by atoms with E-state index in [0.717, 1.165) is 0 Å².